The Morgan fingerprint density at radius 3 is 2.53 bits per heavy atom. The molecule has 98 valence electrons. The molecule has 3 rings (SSSR count). The molecule has 1 saturated carbocycles. The second kappa shape index (κ2) is 4.82. The smallest absolute Gasteiger partial charge is 0.261 e. The lowest BCUT2D eigenvalue weighted by molar-refractivity contribution is 0.0954. The molecule has 3 heteroatoms. The van der Waals surface area contributed by atoms with Crippen LogP contribution >= 0.6 is 11.3 Å². The third kappa shape index (κ3) is 2.56. The van der Waals surface area contributed by atoms with Crippen molar-refractivity contribution in [1.29, 1.82) is 0 Å². The molecule has 1 heterocycles. The fourth-order valence-electron chi connectivity index (χ4n) is 2.40. The van der Waals surface area contributed by atoms with E-state index in [9.17, 15) is 4.79 Å². The van der Waals surface area contributed by atoms with E-state index in [0.29, 0.717) is 0 Å². The molecular weight excluding hydrogens is 254 g/mol. The molecular formula is C16H17NOS. The first-order valence-electron chi connectivity index (χ1n) is 6.60. The Labute approximate surface area is 117 Å². The van der Waals surface area contributed by atoms with Crippen LogP contribution < -0.4 is 5.32 Å². The topological polar surface area (TPSA) is 29.1 Å². The Bertz CT molecular complexity index is 584. The summed E-state index contributed by atoms with van der Waals surface area (Å²) in [6.07, 6.45) is 2.33. The Morgan fingerprint density at radius 1 is 1.21 bits per heavy atom. The predicted octanol–water partition coefficient (Wildman–Crippen LogP) is 3.52. The predicted molar refractivity (Wildman–Crippen MR) is 78.7 cm³/mol. The second-order valence-electron chi connectivity index (χ2n) is 5.24. The number of amides is 1. The molecule has 1 amide bonds. The zero-order valence-corrected chi connectivity index (χ0v) is 11.8. The summed E-state index contributed by atoms with van der Waals surface area (Å²) < 4.78 is 0. The molecule has 1 aromatic heterocycles. The molecule has 1 aliphatic rings. The SMILES string of the molecule is Cc1ccc(C(=O)NCC2(c3ccccc3)CC2)s1. The van der Waals surface area contributed by atoms with Gasteiger partial charge in [-0.3, -0.25) is 4.79 Å². The zero-order chi connectivity index (χ0) is 13.3. The average molecular weight is 271 g/mol. The molecule has 0 radical (unpaired) electrons. The summed E-state index contributed by atoms with van der Waals surface area (Å²) in [6.45, 7) is 2.76. The molecule has 0 unspecified atom stereocenters. The number of carbonyl (C=O) groups excluding carboxylic acids is 1. The fourth-order valence-corrected chi connectivity index (χ4v) is 3.19. The standard InChI is InChI=1S/C16H17NOS/c1-12-7-8-14(19-12)15(18)17-11-16(9-10-16)13-5-3-2-4-6-13/h2-8H,9-11H2,1H3,(H,17,18). The Balaban J connectivity index is 1.65. The van der Waals surface area contributed by atoms with E-state index in [1.165, 1.54) is 23.3 Å². The molecule has 1 aliphatic carbocycles. The first-order valence-corrected chi connectivity index (χ1v) is 7.41. The van der Waals surface area contributed by atoms with Gasteiger partial charge in [-0.1, -0.05) is 30.3 Å². The van der Waals surface area contributed by atoms with Crippen LogP contribution in [0.1, 0.15) is 33.0 Å². The van der Waals surface area contributed by atoms with Gasteiger partial charge in [-0.2, -0.15) is 0 Å². The number of aryl methyl sites for hydroxylation is 1. The normalized spacial score (nSPS) is 16.1. The molecule has 1 fully saturated rings. The summed E-state index contributed by atoms with van der Waals surface area (Å²) in [5, 5.41) is 3.09. The van der Waals surface area contributed by atoms with Gasteiger partial charge in [0.15, 0.2) is 0 Å². The van der Waals surface area contributed by atoms with Crippen LogP contribution in [0.3, 0.4) is 0 Å². The summed E-state index contributed by atoms with van der Waals surface area (Å²) in [5.74, 6) is 0.0558. The second-order valence-corrected chi connectivity index (χ2v) is 6.53. The molecule has 0 bridgehead atoms. The third-order valence-corrected chi connectivity index (χ3v) is 4.79. The number of carbonyl (C=O) groups is 1. The lowest BCUT2D eigenvalue weighted by Crippen LogP contribution is -2.31. The highest BCUT2D eigenvalue weighted by Gasteiger charge is 2.44. The molecule has 0 saturated heterocycles. The van der Waals surface area contributed by atoms with Gasteiger partial charge in [0, 0.05) is 16.8 Å². The maximum atomic E-state index is 12.1. The van der Waals surface area contributed by atoms with Crippen molar-refractivity contribution in [3.8, 4) is 0 Å². The highest BCUT2D eigenvalue weighted by molar-refractivity contribution is 7.13. The minimum Gasteiger partial charge on any atom is -0.350 e. The van der Waals surface area contributed by atoms with Crippen molar-refractivity contribution in [2.75, 3.05) is 6.54 Å². The summed E-state index contributed by atoms with van der Waals surface area (Å²) in [7, 11) is 0. The van der Waals surface area contributed by atoms with E-state index >= 15 is 0 Å². The first kappa shape index (κ1) is 12.4. The van der Waals surface area contributed by atoms with E-state index in [-0.39, 0.29) is 11.3 Å². The van der Waals surface area contributed by atoms with Crippen LogP contribution in [0.2, 0.25) is 0 Å². The van der Waals surface area contributed by atoms with Crippen LogP contribution in [0.4, 0.5) is 0 Å². The average Bonchev–Trinajstić information content (AvgIpc) is 3.12. The molecule has 0 spiro atoms. The van der Waals surface area contributed by atoms with Crippen LogP contribution in [0.25, 0.3) is 0 Å². The molecule has 2 aromatic rings. The Hall–Kier alpha value is -1.61. The molecule has 0 atom stereocenters. The fraction of sp³-hybridized carbons (Fsp3) is 0.312. The number of thiophene rings is 1. The molecule has 19 heavy (non-hydrogen) atoms. The lowest BCUT2D eigenvalue weighted by Gasteiger charge is -2.16. The molecule has 1 aromatic carbocycles. The number of rotatable bonds is 4. The van der Waals surface area contributed by atoms with Crippen molar-refractivity contribution in [2.45, 2.75) is 25.2 Å². The van der Waals surface area contributed by atoms with Crippen molar-refractivity contribution >= 4 is 17.2 Å². The van der Waals surface area contributed by atoms with E-state index in [4.69, 9.17) is 0 Å². The highest BCUT2D eigenvalue weighted by atomic mass is 32.1. The largest absolute Gasteiger partial charge is 0.350 e. The Morgan fingerprint density at radius 2 is 1.95 bits per heavy atom. The maximum Gasteiger partial charge on any atom is 0.261 e. The summed E-state index contributed by atoms with van der Waals surface area (Å²) in [6, 6.07) is 14.4. The maximum absolute atomic E-state index is 12.1. The van der Waals surface area contributed by atoms with Crippen LogP contribution in [0.5, 0.6) is 0 Å². The first-order chi connectivity index (χ1) is 9.20. The van der Waals surface area contributed by atoms with Gasteiger partial charge < -0.3 is 5.32 Å². The number of nitrogens with one attached hydrogen (secondary N) is 1. The van der Waals surface area contributed by atoms with Crippen molar-refractivity contribution in [3.63, 3.8) is 0 Å². The van der Waals surface area contributed by atoms with Gasteiger partial charge in [0.25, 0.3) is 5.91 Å². The third-order valence-electron chi connectivity index (χ3n) is 3.79. The molecule has 1 N–H and O–H groups in total. The number of hydrogen-bond acceptors (Lipinski definition) is 2. The van der Waals surface area contributed by atoms with Gasteiger partial charge in [-0.15, -0.1) is 11.3 Å². The van der Waals surface area contributed by atoms with E-state index in [1.807, 2.05) is 25.1 Å². The van der Waals surface area contributed by atoms with Gasteiger partial charge >= 0.3 is 0 Å². The van der Waals surface area contributed by atoms with Crippen LogP contribution in [0.15, 0.2) is 42.5 Å². The van der Waals surface area contributed by atoms with Crippen molar-refractivity contribution in [2.24, 2.45) is 0 Å². The van der Waals surface area contributed by atoms with Crippen molar-refractivity contribution in [3.05, 3.63) is 57.8 Å². The molecule has 0 aliphatic heterocycles. The number of hydrogen-bond donors (Lipinski definition) is 1. The summed E-state index contributed by atoms with van der Waals surface area (Å²) in [4.78, 5) is 14.0. The van der Waals surface area contributed by atoms with E-state index < -0.39 is 0 Å². The quantitative estimate of drug-likeness (QED) is 0.905. The lowest BCUT2D eigenvalue weighted by atomic mass is 9.96. The van der Waals surface area contributed by atoms with Gasteiger partial charge in [-0.25, -0.2) is 0 Å². The Kier molecular flexibility index (Phi) is 3.15. The van der Waals surface area contributed by atoms with Gasteiger partial charge in [-0.05, 0) is 37.5 Å². The van der Waals surface area contributed by atoms with Crippen molar-refractivity contribution in [1.82, 2.24) is 5.32 Å². The van der Waals surface area contributed by atoms with Crippen molar-refractivity contribution < 1.29 is 4.79 Å². The van der Waals surface area contributed by atoms with E-state index in [0.717, 1.165) is 11.4 Å². The monoisotopic (exact) mass is 271 g/mol. The van der Waals surface area contributed by atoms with Gasteiger partial charge in [0.2, 0.25) is 0 Å². The van der Waals surface area contributed by atoms with Crippen LogP contribution in [-0.2, 0) is 5.41 Å². The van der Waals surface area contributed by atoms with Gasteiger partial charge in [0.1, 0.15) is 0 Å². The summed E-state index contributed by atoms with van der Waals surface area (Å²) in [5.41, 5.74) is 1.53. The van der Waals surface area contributed by atoms with Gasteiger partial charge in [0.05, 0.1) is 4.88 Å². The number of benzene rings is 1. The van der Waals surface area contributed by atoms with E-state index in [2.05, 4.69) is 29.6 Å². The minimum absolute atomic E-state index is 0.0558. The minimum atomic E-state index is 0.0558. The van der Waals surface area contributed by atoms with Crippen LogP contribution in [-0.4, -0.2) is 12.5 Å². The highest BCUT2D eigenvalue weighted by Crippen LogP contribution is 2.47. The van der Waals surface area contributed by atoms with Crippen LogP contribution in [0, 0.1) is 6.92 Å². The van der Waals surface area contributed by atoms with E-state index in [1.54, 1.807) is 11.3 Å². The summed E-state index contributed by atoms with van der Waals surface area (Å²) >= 11 is 1.55. The zero-order valence-electron chi connectivity index (χ0n) is 11.0. The molecule has 2 nitrogen and oxygen atoms in total.